The van der Waals surface area contributed by atoms with E-state index in [2.05, 4.69) is 0 Å². The van der Waals surface area contributed by atoms with E-state index >= 15 is 0 Å². The van der Waals surface area contributed by atoms with Gasteiger partial charge in [-0.05, 0) is 30.3 Å². The molecule has 7 heteroatoms. The second-order valence-corrected chi connectivity index (χ2v) is 5.90. The minimum absolute atomic E-state index is 0.0351. The monoisotopic (exact) mass is 318 g/mol. The van der Waals surface area contributed by atoms with E-state index < -0.39 is 16.8 Å². The van der Waals surface area contributed by atoms with Crippen molar-refractivity contribution in [1.82, 2.24) is 0 Å². The van der Waals surface area contributed by atoms with E-state index in [1.54, 1.807) is 12.1 Å². The van der Waals surface area contributed by atoms with Gasteiger partial charge in [-0.2, -0.15) is 0 Å². The molecule has 19 heavy (non-hydrogen) atoms. The van der Waals surface area contributed by atoms with Crippen molar-refractivity contribution in [3.8, 4) is 0 Å². The van der Waals surface area contributed by atoms with Crippen molar-refractivity contribution >= 4 is 40.0 Å². The molecule has 0 fully saturated rings. The number of aromatic carboxylic acids is 1. The third kappa shape index (κ3) is 3.37. The molecule has 0 saturated carbocycles. The van der Waals surface area contributed by atoms with Gasteiger partial charge in [-0.1, -0.05) is 23.2 Å². The van der Waals surface area contributed by atoms with Crippen molar-refractivity contribution in [3.05, 3.63) is 51.9 Å². The first-order valence-corrected chi connectivity index (χ1v) is 7.20. The van der Waals surface area contributed by atoms with Crippen LogP contribution < -0.4 is 0 Å². The summed E-state index contributed by atoms with van der Waals surface area (Å²) >= 11 is 11.8. The molecule has 1 atom stereocenters. The van der Waals surface area contributed by atoms with E-state index in [9.17, 15) is 9.00 Å². The molecule has 0 aliphatic carbocycles. The molecule has 0 spiro atoms. The number of carboxylic acid groups (broad SMARTS) is 1. The summed E-state index contributed by atoms with van der Waals surface area (Å²) in [4.78, 5) is 11.1. The van der Waals surface area contributed by atoms with E-state index in [0.717, 1.165) is 0 Å². The minimum Gasteiger partial charge on any atom is -0.475 e. The average Bonchev–Trinajstić information content (AvgIpc) is 2.80. The zero-order chi connectivity index (χ0) is 14.0. The summed E-state index contributed by atoms with van der Waals surface area (Å²) in [7, 11) is -1.46. The number of halogens is 2. The molecule has 0 aliphatic rings. The van der Waals surface area contributed by atoms with Gasteiger partial charge in [-0.3, -0.25) is 4.21 Å². The summed E-state index contributed by atoms with van der Waals surface area (Å²) in [5, 5.41) is 9.49. The second kappa shape index (κ2) is 5.77. The Morgan fingerprint density at radius 2 is 2.00 bits per heavy atom. The smallest absolute Gasteiger partial charge is 0.371 e. The second-order valence-electron chi connectivity index (χ2n) is 3.64. The summed E-state index contributed by atoms with van der Waals surface area (Å²) in [6.45, 7) is 0. The van der Waals surface area contributed by atoms with E-state index in [1.807, 2.05) is 0 Å². The lowest BCUT2D eigenvalue weighted by Crippen LogP contribution is -1.97. The van der Waals surface area contributed by atoms with Gasteiger partial charge in [0.05, 0.1) is 26.5 Å². The number of benzene rings is 1. The van der Waals surface area contributed by atoms with Crippen LogP contribution in [0.2, 0.25) is 10.0 Å². The predicted molar refractivity (Wildman–Crippen MR) is 72.2 cm³/mol. The number of carboxylic acids is 1. The minimum atomic E-state index is -1.46. The van der Waals surface area contributed by atoms with Gasteiger partial charge in [0.15, 0.2) is 0 Å². The summed E-state index contributed by atoms with van der Waals surface area (Å²) in [5.74, 6) is -1.01. The van der Waals surface area contributed by atoms with Crippen molar-refractivity contribution in [2.45, 2.75) is 10.6 Å². The number of hydrogen-bond donors (Lipinski definition) is 1. The van der Waals surface area contributed by atoms with Crippen LogP contribution in [0, 0.1) is 0 Å². The third-order valence-electron chi connectivity index (χ3n) is 2.28. The highest BCUT2D eigenvalue weighted by Crippen LogP contribution is 2.25. The molecule has 1 unspecified atom stereocenters. The molecule has 0 radical (unpaired) electrons. The lowest BCUT2D eigenvalue weighted by Gasteiger charge is -2.03. The van der Waals surface area contributed by atoms with Gasteiger partial charge >= 0.3 is 5.97 Å². The maximum atomic E-state index is 12.1. The molecule has 0 bridgehead atoms. The number of rotatable bonds is 4. The van der Waals surface area contributed by atoms with E-state index in [4.69, 9.17) is 32.7 Å². The molecule has 100 valence electrons. The zero-order valence-corrected chi connectivity index (χ0v) is 11.8. The van der Waals surface area contributed by atoms with Crippen LogP contribution in [0.1, 0.15) is 16.3 Å². The van der Waals surface area contributed by atoms with Crippen LogP contribution in [-0.2, 0) is 16.6 Å². The van der Waals surface area contributed by atoms with E-state index in [0.29, 0.717) is 20.7 Å². The highest BCUT2D eigenvalue weighted by molar-refractivity contribution is 7.84. The van der Waals surface area contributed by atoms with Gasteiger partial charge in [0.2, 0.25) is 5.76 Å². The van der Waals surface area contributed by atoms with E-state index in [-0.39, 0.29) is 11.5 Å². The van der Waals surface area contributed by atoms with Gasteiger partial charge in [-0.15, -0.1) is 0 Å². The highest BCUT2D eigenvalue weighted by Gasteiger charge is 2.14. The first-order valence-electron chi connectivity index (χ1n) is 5.13. The van der Waals surface area contributed by atoms with Crippen molar-refractivity contribution in [1.29, 1.82) is 0 Å². The SMILES string of the molecule is O=C(O)c1ccc(CS(=O)c2cc(Cl)ccc2Cl)o1. The Labute approximate surface area is 121 Å². The van der Waals surface area contributed by atoms with Crippen LogP contribution in [0.25, 0.3) is 0 Å². The van der Waals surface area contributed by atoms with E-state index in [1.165, 1.54) is 18.2 Å². The number of furan rings is 1. The highest BCUT2D eigenvalue weighted by atomic mass is 35.5. The lowest BCUT2D eigenvalue weighted by molar-refractivity contribution is 0.0661. The lowest BCUT2D eigenvalue weighted by atomic mass is 10.4. The number of hydrogen-bond acceptors (Lipinski definition) is 3. The quantitative estimate of drug-likeness (QED) is 0.935. The molecule has 2 aromatic rings. The fraction of sp³-hybridized carbons (Fsp3) is 0.0833. The largest absolute Gasteiger partial charge is 0.475 e. The fourth-order valence-electron chi connectivity index (χ4n) is 1.43. The van der Waals surface area contributed by atoms with Gasteiger partial charge in [0.1, 0.15) is 5.76 Å². The molecule has 0 amide bonds. The number of carbonyl (C=O) groups is 1. The molecule has 1 aromatic carbocycles. The van der Waals surface area contributed by atoms with Crippen molar-refractivity contribution in [2.75, 3.05) is 0 Å². The van der Waals surface area contributed by atoms with Crippen LogP contribution in [0.15, 0.2) is 39.6 Å². The van der Waals surface area contributed by atoms with Crippen molar-refractivity contribution < 1.29 is 18.5 Å². The molecule has 1 aromatic heterocycles. The van der Waals surface area contributed by atoms with Gasteiger partial charge in [0, 0.05) is 5.02 Å². The normalized spacial score (nSPS) is 12.3. The molecular weight excluding hydrogens is 311 g/mol. The van der Waals surface area contributed by atoms with Crippen molar-refractivity contribution in [2.24, 2.45) is 0 Å². The summed E-state index contributed by atoms with van der Waals surface area (Å²) in [5.41, 5.74) is 0. The molecule has 1 heterocycles. The summed E-state index contributed by atoms with van der Waals surface area (Å²) in [6.07, 6.45) is 0. The Bertz CT molecular complexity index is 651. The molecule has 0 aliphatic heterocycles. The Kier molecular flexibility index (Phi) is 4.29. The fourth-order valence-corrected chi connectivity index (χ4v) is 3.15. The maximum absolute atomic E-state index is 12.1. The van der Waals surface area contributed by atoms with Gasteiger partial charge < -0.3 is 9.52 Å². The van der Waals surface area contributed by atoms with Crippen LogP contribution in [0.3, 0.4) is 0 Å². The Hall–Kier alpha value is -1.30. The predicted octanol–water partition coefficient (Wildman–Crippen LogP) is 3.59. The molecule has 1 N–H and O–H groups in total. The van der Waals surface area contributed by atoms with Crippen LogP contribution in [0.5, 0.6) is 0 Å². The topological polar surface area (TPSA) is 67.5 Å². The first-order chi connectivity index (χ1) is 8.97. The van der Waals surface area contributed by atoms with Crippen molar-refractivity contribution in [3.63, 3.8) is 0 Å². The average molecular weight is 319 g/mol. The summed E-state index contributed by atoms with van der Waals surface area (Å²) in [6, 6.07) is 7.46. The first kappa shape index (κ1) is 14.1. The Morgan fingerprint density at radius 1 is 1.26 bits per heavy atom. The zero-order valence-electron chi connectivity index (χ0n) is 9.43. The molecule has 2 rings (SSSR count). The third-order valence-corrected chi connectivity index (χ3v) is 4.34. The standard InChI is InChI=1S/C12H8Cl2O4S/c13-7-1-3-9(14)11(5-7)19(17)6-8-2-4-10(18-8)12(15)16/h1-5H,6H2,(H,15,16). The maximum Gasteiger partial charge on any atom is 0.371 e. The summed E-state index contributed by atoms with van der Waals surface area (Å²) < 4.78 is 17.2. The Balaban J connectivity index is 2.20. The van der Waals surface area contributed by atoms with Gasteiger partial charge in [-0.25, -0.2) is 4.79 Å². The molecular formula is C12H8Cl2O4S. The molecule has 4 nitrogen and oxygen atoms in total. The van der Waals surface area contributed by atoms with Gasteiger partial charge in [0.25, 0.3) is 0 Å². The van der Waals surface area contributed by atoms with Crippen LogP contribution >= 0.6 is 23.2 Å². The van der Waals surface area contributed by atoms with Crippen LogP contribution in [-0.4, -0.2) is 15.3 Å². The van der Waals surface area contributed by atoms with Crippen LogP contribution in [0.4, 0.5) is 0 Å². The Morgan fingerprint density at radius 3 is 2.63 bits per heavy atom. The molecule has 0 saturated heterocycles.